The molecule has 0 heterocycles. The van der Waals surface area contributed by atoms with Gasteiger partial charge in [-0.2, -0.15) is 0 Å². The van der Waals surface area contributed by atoms with Gasteiger partial charge in [-0.3, -0.25) is 4.79 Å². The normalized spacial score (nSPS) is 15.2. The number of hydrogen-bond donors (Lipinski definition) is 0. The first-order chi connectivity index (χ1) is 15.1. The summed E-state index contributed by atoms with van der Waals surface area (Å²) in [5, 5.41) is 2.30. The highest BCUT2D eigenvalue weighted by molar-refractivity contribution is 5.97. The molecule has 1 unspecified atom stereocenters. The quantitative estimate of drug-likeness (QED) is 0.242. The molecule has 1 aliphatic carbocycles. The van der Waals surface area contributed by atoms with Crippen molar-refractivity contribution in [3.8, 4) is 0 Å². The lowest BCUT2D eigenvalue weighted by Gasteiger charge is -2.25. The summed E-state index contributed by atoms with van der Waals surface area (Å²) in [6, 6.07) is 12.5. The standard InChI is InChI=1S/C28H38O3/c1-4-5-6-7-8-9-19-30-25-20-26(31-27(29)18-10-13-21(2)3)24-17-12-15-22-14-11-16-23(25)28(22)24/h11-12,14-17,20-21,26H,4-10,13,18-19H2,1-3H3. The number of ether oxygens (including phenoxy) is 2. The van der Waals surface area contributed by atoms with Gasteiger partial charge in [-0.25, -0.2) is 0 Å². The molecule has 2 aromatic carbocycles. The fourth-order valence-corrected chi connectivity index (χ4v) is 4.27. The van der Waals surface area contributed by atoms with E-state index in [1.165, 1.54) is 32.1 Å². The van der Waals surface area contributed by atoms with Crippen LogP contribution in [0.1, 0.15) is 95.8 Å². The molecule has 31 heavy (non-hydrogen) atoms. The molecule has 0 bridgehead atoms. The Kier molecular flexibility index (Phi) is 8.99. The van der Waals surface area contributed by atoms with Crippen molar-refractivity contribution in [1.82, 2.24) is 0 Å². The lowest BCUT2D eigenvalue weighted by Crippen LogP contribution is -2.14. The predicted molar refractivity (Wildman–Crippen MR) is 129 cm³/mol. The van der Waals surface area contributed by atoms with Gasteiger partial charge in [-0.05, 0) is 29.5 Å². The van der Waals surface area contributed by atoms with E-state index in [9.17, 15) is 4.79 Å². The van der Waals surface area contributed by atoms with Crippen molar-refractivity contribution in [3.05, 3.63) is 53.6 Å². The number of carbonyl (C=O) groups excluding carboxylic acids is 1. The zero-order chi connectivity index (χ0) is 22.1. The molecule has 3 heteroatoms. The predicted octanol–water partition coefficient (Wildman–Crippen LogP) is 7.98. The van der Waals surface area contributed by atoms with Crippen LogP contribution in [0, 0.1) is 5.92 Å². The van der Waals surface area contributed by atoms with E-state index in [1.54, 1.807) is 0 Å². The van der Waals surface area contributed by atoms with Crippen LogP contribution in [0.5, 0.6) is 0 Å². The average molecular weight is 423 g/mol. The van der Waals surface area contributed by atoms with E-state index in [1.807, 2.05) is 12.1 Å². The largest absolute Gasteiger partial charge is 0.493 e. The van der Waals surface area contributed by atoms with Crippen molar-refractivity contribution < 1.29 is 14.3 Å². The number of rotatable bonds is 13. The Labute approximate surface area is 187 Å². The molecule has 3 rings (SSSR count). The third-order valence-corrected chi connectivity index (χ3v) is 5.99. The fraction of sp³-hybridized carbons (Fsp3) is 0.536. The molecule has 1 atom stereocenters. The molecule has 0 spiro atoms. The molecular weight excluding hydrogens is 384 g/mol. The van der Waals surface area contributed by atoms with Gasteiger partial charge < -0.3 is 9.47 Å². The zero-order valence-corrected chi connectivity index (χ0v) is 19.5. The van der Waals surface area contributed by atoms with Crippen LogP contribution in [0.3, 0.4) is 0 Å². The molecule has 0 saturated carbocycles. The highest BCUT2D eigenvalue weighted by Crippen LogP contribution is 2.40. The van der Waals surface area contributed by atoms with Crippen molar-refractivity contribution in [1.29, 1.82) is 0 Å². The highest BCUT2D eigenvalue weighted by Gasteiger charge is 2.25. The zero-order valence-electron chi connectivity index (χ0n) is 19.5. The molecule has 2 aromatic rings. The van der Waals surface area contributed by atoms with Crippen LogP contribution in [0.25, 0.3) is 16.5 Å². The van der Waals surface area contributed by atoms with E-state index in [0.29, 0.717) is 18.9 Å². The van der Waals surface area contributed by atoms with Crippen molar-refractivity contribution in [2.24, 2.45) is 5.92 Å². The van der Waals surface area contributed by atoms with Crippen LogP contribution in [-0.4, -0.2) is 12.6 Å². The van der Waals surface area contributed by atoms with E-state index < -0.39 is 0 Å². The molecule has 0 aliphatic heterocycles. The third kappa shape index (κ3) is 6.59. The van der Waals surface area contributed by atoms with Gasteiger partial charge in [0, 0.05) is 23.6 Å². The Bertz CT molecular complexity index is 876. The van der Waals surface area contributed by atoms with Crippen LogP contribution in [-0.2, 0) is 14.3 Å². The Morgan fingerprint density at radius 2 is 1.71 bits per heavy atom. The molecular formula is C28H38O3. The molecule has 0 amide bonds. The Morgan fingerprint density at radius 1 is 0.968 bits per heavy atom. The first-order valence-corrected chi connectivity index (χ1v) is 12.2. The molecule has 0 N–H and O–H groups in total. The molecule has 168 valence electrons. The molecule has 3 nitrogen and oxygen atoms in total. The number of unbranched alkanes of at least 4 members (excludes halogenated alkanes) is 5. The molecule has 0 aromatic heterocycles. The summed E-state index contributed by atoms with van der Waals surface area (Å²) in [6.45, 7) is 7.30. The second-order valence-electron chi connectivity index (χ2n) is 9.09. The van der Waals surface area contributed by atoms with Crippen LogP contribution in [0.2, 0.25) is 0 Å². The van der Waals surface area contributed by atoms with E-state index >= 15 is 0 Å². The van der Waals surface area contributed by atoms with Crippen LogP contribution < -0.4 is 0 Å². The average Bonchev–Trinajstić information content (AvgIpc) is 2.75. The minimum absolute atomic E-state index is 0.131. The summed E-state index contributed by atoms with van der Waals surface area (Å²) >= 11 is 0. The molecule has 0 radical (unpaired) electrons. The fourth-order valence-electron chi connectivity index (χ4n) is 4.27. The maximum atomic E-state index is 12.5. The van der Waals surface area contributed by atoms with Gasteiger partial charge in [0.15, 0.2) is 0 Å². The minimum atomic E-state index is -0.385. The molecule has 0 fully saturated rings. The summed E-state index contributed by atoms with van der Waals surface area (Å²) in [4.78, 5) is 12.5. The first-order valence-electron chi connectivity index (χ1n) is 12.2. The smallest absolute Gasteiger partial charge is 0.306 e. The maximum Gasteiger partial charge on any atom is 0.306 e. The Morgan fingerprint density at radius 3 is 2.48 bits per heavy atom. The lowest BCUT2D eigenvalue weighted by molar-refractivity contribution is -0.147. The SMILES string of the molecule is CCCCCCCCOC1=CC(OC(=O)CCCC(C)C)c2cccc3cccc1c23. The van der Waals surface area contributed by atoms with E-state index in [-0.39, 0.29) is 12.1 Å². The topological polar surface area (TPSA) is 35.5 Å². The van der Waals surface area contributed by atoms with Gasteiger partial charge in [0.05, 0.1) is 6.61 Å². The lowest BCUT2D eigenvalue weighted by atomic mass is 9.90. The van der Waals surface area contributed by atoms with Crippen molar-refractivity contribution >= 4 is 22.5 Å². The maximum absolute atomic E-state index is 12.5. The third-order valence-electron chi connectivity index (χ3n) is 5.99. The van der Waals surface area contributed by atoms with E-state index in [2.05, 4.69) is 51.1 Å². The van der Waals surface area contributed by atoms with Gasteiger partial charge in [0.1, 0.15) is 11.9 Å². The van der Waals surface area contributed by atoms with Gasteiger partial charge in [0.25, 0.3) is 0 Å². The summed E-state index contributed by atoms with van der Waals surface area (Å²) in [7, 11) is 0. The summed E-state index contributed by atoms with van der Waals surface area (Å²) in [5.41, 5.74) is 2.16. The summed E-state index contributed by atoms with van der Waals surface area (Å²) in [6.07, 6.45) is 11.4. The van der Waals surface area contributed by atoms with E-state index in [0.717, 1.165) is 46.9 Å². The minimum Gasteiger partial charge on any atom is -0.493 e. The van der Waals surface area contributed by atoms with Gasteiger partial charge in [0.2, 0.25) is 0 Å². The summed E-state index contributed by atoms with van der Waals surface area (Å²) < 4.78 is 12.2. The highest BCUT2D eigenvalue weighted by atomic mass is 16.5. The summed E-state index contributed by atoms with van der Waals surface area (Å²) in [5.74, 6) is 1.32. The van der Waals surface area contributed by atoms with Crippen molar-refractivity contribution in [3.63, 3.8) is 0 Å². The number of benzene rings is 2. The molecule has 1 aliphatic rings. The van der Waals surface area contributed by atoms with Crippen LogP contribution in [0.4, 0.5) is 0 Å². The van der Waals surface area contributed by atoms with Crippen LogP contribution in [0.15, 0.2) is 42.5 Å². The van der Waals surface area contributed by atoms with E-state index in [4.69, 9.17) is 9.47 Å². The number of esters is 1. The Balaban J connectivity index is 1.70. The van der Waals surface area contributed by atoms with Crippen LogP contribution >= 0.6 is 0 Å². The van der Waals surface area contributed by atoms with Crippen molar-refractivity contribution in [2.75, 3.05) is 6.61 Å². The number of carbonyl (C=O) groups is 1. The van der Waals surface area contributed by atoms with Gasteiger partial charge in [-0.15, -0.1) is 0 Å². The monoisotopic (exact) mass is 422 g/mol. The van der Waals surface area contributed by atoms with Gasteiger partial charge >= 0.3 is 5.97 Å². The number of hydrogen-bond acceptors (Lipinski definition) is 3. The Hall–Kier alpha value is -2.29. The van der Waals surface area contributed by atoms with Gasteiger partial charge in [-0.1, -0.05) is 95.7 Å². The van der Waals surface area contributed by atoms with Crippen molar-refractivity contribution in [2.45, 2.75) is 84.7 Å². The second kappa shape index (κ2) is 11.9. The second-order valence-corrected chi connectivity index (χ2v) is 9.09. The molecule has 0 saturated heterocycles. The first kappa shape index (κ1) is 23.4.